The standard InChI is InChI=1S/C16H13Cl2N3O4S/c1-9-19-15-13(7-12(17)14(18)16(15)21(22)23)20(9)8-10-3-5-11(6-4-10)26(2,24)25/h3-7H,8H2,1-2H3. The monoisotopic (exact) mass is 413 g/mol. The Labute approximate surface area is 159 Å². The first-order valence-electron chi connectivity index (χ1n) is 7.38. The third-order valence-corrected chi connectivity index (χ3v) is 5.88. The van der Waals surface area contributed by atoms with E-state index < -0.39 is 14.8 Å². The first-order valence-corrected chi connectivity index (χ1v) is 10.0. The molecule has 0 bridgehead atoms. The van der Waals surface area contributed by atoms with Crippen LogP contribution in [0.3, 0.4) is 0 Å². The summed E-state index contributed by atoms with van der Waals surface area (Å²) < 4.78 is 24.9. The van der Waals surface area contributed by atoms with Gasteiger partial charge in [0.2, 0.25) is 0 Å². The molecule has 1 heterocycles. The predicted octanol–water partition coefficient (Wildman–Crippen LogP) is 4.01. The molecule has 1 aromatic heterocycles. The van der Waals surface area contributed by atoms with Crippen LogP contribution in [0.25, 0.3) is 11.0 Å². The second-order valence-electron chi connectivity index (χ2n) is 5.81. The molecule has 136 valence electrons. The highest BCUT2D eigenvalue weighted by molar-refractivity contribution is 7.90. The fourth-order valence-corrected chi connectivity index (χ4v) is 3.73. The molecule has 0 aliphatic heterocycles. The van der Waals surface area contributed by atoms with E-state index in [1.165, 1.54) is 18.2 Å². The molecule has 0 aliphatic rings. The van der Waals surface area contributed by atoms with Crippen LogP contribution in [0.15, 0.2) is 35.2 Å². The zero-order valence-electron chi connectivity index (χ0n) is 13.7. The van der Waals surface area contributed by atoms with Crippen LogP contribution in [0.4, 0.5) is 5.69 Å². The van der Waals surface area contributed by atoms with Gasteiger partial charge in [0.25, 0.3) is 0 Å². The molecule has 3 rings (SSSR count). The molecule has 0 spiro atoms. The van der Waals surface area contributed by atoms with Crippen LogP contribution in [0.5, 0.6) is 0 Å². The quantitative estimate of drug-likeness (QED) is 0.475. The average molecular weight is 414 g/mol. The van der Waals surface area contributed by atoms with Gasteiger partial charge in [-0.3, -0.25) is 10.1 Å². The zero-order chi connectivity index (χ0) is 19.2. The second kappa shape index (κ2) is 6.53. The highest BCUT2D eigenvalue weighted by Gasteiger charge is 2.25. The molecule has 26 heavy (non-hydrogen) atoms. The van der Waals surface area contributed by atoms with Crippen LogP contribution < -0.4 is 0 Å². The van der Waals surface area contributed by atoms with E-state index in [9.17, 15) is 18.5 Å². The number of nitro benzene ring substituents is 1. The molecule has 0 aliphatic carbocycles. The molecule has 2 aromatic carbocycles. The van der Waals surface area contributed by atoms with Crippen LogP contribution in [-0.4, -0.2) is 29.1 Å². The number of nitrogens with zero attached hydrogens (tertiary/aromatic N) is 3. The molecule has 0 N–H and O–H groups in total. The van der Waals surface area contributed by atoms with Crippen molar-refractivity contribution in [1.29, 1.82) is 0 Å². The van der Waals surface area contributed by atoms with E-state index in [2.05, 4.69) is 4.98 Å². The van der Waals surface area contributed by atoms with Gasteiger partial charge in [-0.15, -0.1) is 0 Å². The number of aryl methyl sites for hydroxylation is 1. The Hall–Kier alpha value is -2.16. The van der Waals surface area contributed by atoms with Crippen molar-refractivity contribution in [3.8, 4) is 0 Å². The Bertz CT molecular complexity index is 1140. The summed E-state index contributed by atoms with van der Waals surface area (Å²) in [6.45, 7) is 2.07. The molecule has 10 heteroatoms. The van der Waals surface area contributed by atoms with Gasteiger partial charge in [0.15, 0.2) is 15.4 Å². The van der Waals surface area contributed by atoms with Crippen LogP contribution in [-0.2, 0) is 16.4 Å². The molecule has 0 unspecified atom stereocenters. The summed E-state index contributed by atoms with van der Waals surface area (Å²) in [5, 5.41) is 11.3. The molecule has 3 aromatic rings. The van der Waals surface area contributed by atoms with Crippen molar-refractivity contribution in [3.63, 3.8) is 0 Å². The maximum absolute atomic E-state index is 11.6. The number of benzene rings is 2. The number of aromatic nitrogens is 2. The van der Waals surface area contributed by atoms with Crippen molar-refractivity contribution in [3.05, 3.63) is 61.9 Å². The number of rotatable bonds is 4. The molecule has 0 fully saturated rings. The molecule has 0 radical (unpaired) electrons. The van der Waals surface area contributed by atoms with Gasteiger partial charge in [-0.1, -0.05) is 35.3 Å². The van der Waals surface area contributed by atoms with E-state index in [4.69, 9.17) is 23.2 Å². The zero-order valence-corrected chi connectivity index (χ0v) is 16.1. The highest BCUT2D eigenvalue weighted by Crippen LogP contribution is 2.38. The van der Waals surface area contributed by atoms with E-state index >= 15 is 0 Å². The summed E-state index contributed by atoms with van der Waals surface area (Å²) in [5.74, 6) is 0.550. The number of hydrogen-bond acceptors (Lipinski definition) is 5. The van der Waals surface area contributed by atoms with E-state index in [1.807, 2.05) is 0 Å². The largest absolute Gasteiger partial charge is 0.323 e. The third-order valence-electron chi connectivity index (χ3n) is 3.98. The van der Waals surface area contributed by atoms with Gasteiger partial charge in [0.1, 0.15) is 10.8 Å². The van der Waals surface area contributed by atoms with Crippen molar-refractivity contribution < 1.29 is 13.3 Å². The summed E-state index contributed by atoms with van der Waals surface area (Å²) in [5.41, 5.74) is 1.13. The van der Waals surface area contributed by atoms with Crippen molar-refractivity contribution in [2.24, 2.45) is 0 Å². The first-order chi connectivity index (χ1) is 12.1. The smallest absolute Gasteiger partial charge is 0.317 e. The van der Waals surface area contributed by atoms with E-state index in [0.717, 1.165) is 11.8 Å². The lowest BCUT2D eigenvalue weighted by atomic mass is 10.2. The third kappa shape index (κ3) is 3.27. The topological polar surface area (TPSA) is 95.1 Å². The summed E-state index contributed by atoms with van der Waals surface area (Å²) >= 11 is 12.0. The van der Waals surface area contributed by atoms with Crippen LogP contribution in [0, 0.1) is 17.0 Å². The normalized spacial score (nSPS) is 11.8. The maximum atomic E-state index is 11.6. The summed E-state index contributed by atoms with van der Waals surface area (Å²) in [4.78, 5) is 15.2. The fraction of sp³-hybridized carbons (Fsp3) is 0.188. The number of imidazole rings is 1. The number of halogens is 2. The van der Waals surface area contributed by atoms with Crippen LogP contribution in [0.1, 0.15) is 11.4 Å². The number of nitro groups is 1. The van der Waals surface area contributed by atoms with E-state index in [1.54, 1.807) is 23.6 Å². The fourth-order valence-electron chi connectivity index (χ4n) is 2.69. The van der Waals surface area contributed by atoms with Crippen molar-refractivity contribution in [2.75, 3.05) is 6.26 Å². The molecule has 7 nitrogen and oxygen atoms in total. The highest BCUT2D eigenvalue weighted by atomic mass is 35.5. The lowest BCUT2D eigenvalue weighted by Crippen LogP contribution is -2.03. The van der Waals surface area contributed by atoms with Gasteiger partial charge in [-0.25, -0.2) is 13.4 Å². The minimum absolute atomic E-state index is 0.0689. The Morgan fingerprint density at radius 1 is 1.23 bits per heavy atom. The molecule has 0 atom stereocenters. The second-order valence-corrected chi connectivity index (χ2v) is 8.61. The lowest BCUT2D eigenvalue weighted by Gasteiger charge is -2.08. The van der Waals surface area contributed by atoms with Gasteiger partial charge < -0.3 is 4.57 Å². The van der Waals surface area contributed by atoms with Gasteiger partial charge >= 0.3 is 5.69 Å². The van der Waals surface area contributed by atoms with E-state index in [-0.39, 0.29) is 26.1 Å². The minimum atomic E-state index is -3.28. The van der Waals surface area contributed by atoms with E-state index in [0.29, 0.717) is 17.9 Å². The molecule has 0 saturated carbocycles. The van der Waals surface area contributed by atoms with Gasteiger partial charge in [-0.2, -0.15) is 0 Å². The Kier molecular flexibility index (Phi) is 4.68. The molecule has 0 amide bonds. The average Bonchev–Trinajstić information content (AvgIpc) is 2.83. The summed E-state index contributed by atoms with van der Waals surface area (Å²) in [7, 11) is -3.28. The molecular weight excluding hydrogens is 401 g/mol. The Morgan fingerprint density at radius 3 is 2.38 bits per heavy atom. The van der Waals surface area contributed by atoms with Crippen LogP contribution in [0.2, 0.25) is 10.0 Å². The molecular formula is C16H13Cl2N3O4S. The molecule has 0 saturated heterocycles. The lowest BCUT2D eigenvalue weighted by molar-refractivity contribution is -0.383. The van der Waals surface area contributed by atoms with Crippen LogP contribution >= 0.6 is 23.2 Å². The van der Waals surface area contributed by atoms with Gasteiger partial charge in [-0.05, 0) is 30.7 Å². The SMILES string of the molecule is Cc1nc2c([N+](=O)[O-])c(Cl)c(Cl)cc2n1Cc1ccc(S(C)(=O)=O)cc1. The number of sulfone groups is 1. The number of hydrogen-bond donors (Lipinski definition) is 0. The van der Waals surface area contributed by atoms with Crippen molar-refractivity contribution >= 4 is 49.8 Å². The summed E-state index contributed by atoms with van der Waals surface area (Å²) in [6, 6.07) is 7.95. The maximum Gasteiger partial charge on any atom is 0.317 e. The van der Waals surface area contributed by atoms with Crippen molar-refractivity contribution in [2.45, 2.75) is 18.4 Å². The van der Waals surface area contributed by atoms with Gasteiger partial charge in [0.05, 0.1) is 20.4 Å². The predicted molar refractivity (Wildman–Crippen MR) is 99.8 cm³/mol. The number of fused-ring (bicyclic) bond motifs is 1. The Balaban J connectivity index is 2.12. The van der Waals surface area contributed by atoms with Gasteiger partial charge in [0, 0.05) is 12.8 Å². The Morgan fingerprint density at radius 2 is 1.85 bits per heavy atom. The summed E-state index contributed by atoms with van der Waals surface area (Å²) in [6.07, 6.45) is 1.14. The van der Waals surface area contributed by atoms with Crippen molar-refractivity contribution in [1.82, 2.24) is 9.55 Å². The minimum Gasteiger partial charge on any atom is -0.323 e. The first kappa shape index (κ1) is 18.6.